The third-order valence-electron chi connectivity index (χ3n) is 3.46. The fourth-order valence-corrected chi connectivity index (χ4v) is 2.46. The number of hydrogen-bond acceptors (Lipinski definition) is 6. The highest BCUT2D eigenvalue weighted by atomic mass is 16.5. The fraction of sp³-hybridized carbons (Fsp3) is 0.278. The van der Waals surface area contributed by atoms with Crippen LogP contribution in [0.4, 0.5) is 5.69 Å². The van der Waals surface area contributed by atoms with Crippen LogP contribution in [0.25, 0.3) is 11.3 Å². The number of benzene rings is 1. The Kier molecular flexibility index (Phi) is 7.90. The molecule has 1 aromatic carbocycles. The summed E-state index contributed by atoms with van der Waals surface area (Å²) in [6, 6.07) is 11.2. The highest BCUT2D eigenvalue weighted by Gasteiger charge is 2.22. The Balaban J connectivity index is 0.00000151. The summed E-state index contributed by atoms with van der Waals surface area (Å²) in [5, 5.41) is 16.4. The molecular weight excluding hydrogens is 322 g/mol. The van der Waals surface area contributed by atoms with Crippen LogP contribution in [0, 0.1) is 11.3 Å². The summed E-state index contributed by atoms with van der Waals surface area (Å²) < 4.78 is 6.51. The first-order valence-electron chi connectivity index (χ1n) is 7.67. The monoisotopic (exact) mass is 343 g/mol. The number of anilines is 1. The molecule has 132 valence electrons. The van der Waals surface area contributed by atoms with Gasteiger partial charge in [0.25, 0.3) is 0 Å². The minimum Gasteiger partial charge on any atom is -0.466 e. The van der Waals surface area contributed by atoms with Crippen molar-refractivity contribution < 1.29 is 19.4 Å². The molecule has 0 saturated heterocycles. The Hall–Kier alpha value is -3.11. The van der Waals surface area contributed by atoms with Gasteiger partial charge in [-0.15, -0.1) is 0 Å². The number of aliphatic hydroxyl groups excluding tert-OH is 1. The maximum absolute atomic E-state index is 11.6. The first-order valence-corrected chi connectivity index (χ1v) is 7.67. The Morgan fingerprint density at radius 2 is 2.00 bits per heavy atom. The zero-order valence-corrected chi connectivity index (χ0v) is 14.2. The van der Waals surface area contributed by atoms with Crippen molar-refractivity contribution in [1.82, 2.24) is 4.57 Å². The maximum atomic E-state index is 11.6. The lowest BCUT2D eigenvalue weighted by molar-refractivity contribution is -0.143. The molecule has 0 spiro atoms. The quantitative estimate of drug-likeness (QED) is 0.611. The van der Waals surface area contributed by atoms with E-state index < -0.39 is 0 Å². The average Bonchev–Trinajstić information content (AvgIpc) is 2.93. The van der Waals surface area contributed by atoms with E-state index in [1.807, 2.05) is 36.4 Å². The van der Waals surface area contributed by atoms with Gasteiger partial charge in [0.15, 0.2) is 6.29 Å². The molecule has 0 unspecified atom stereocenters. The van der Waals surface area contributed by atoms with Crippen molar-refractivity contribution in [3.63, 3.8) is 0 Å². The minimum absolute atomic E-state index is 0.0908. The van der Waals surface area contributed by atoms with E-state index in [1.54, 1.807) is 11.5 Å². The van der Waals surface area contributed by atoms with Crippen molar-refractivity contribution >= 4 is 17.9 Å². The smallest absolute Gasteiger partial charge is 0.307 e. The van der Waals surface area contributed by atoms with E-state index in [0.29, 0.717) is 18.6 Å². The largest absolute Gasteiger partial charge is 0.466 e. The molecule has 2 rings (SSSR count). The minimum atomic E-state index is -0.367. The fourth-order valence-electron chi connectivity index (χ4n) is 2.46. The molecule has 0 aliphatic carbocycles. The third-order valence-corrected chi connectivity index (χ3v) is 3.46. The Morgan fingerprint density at radius 1 is 1.36 bits per heavy atom. The maximum Gasteiger partial charge on any atom is 0.307 e. The lowest BCUT2D eigenvalue weighted by Gasteiger charge is -2.11. The molecule has 0 bridgehead atoms. The second-order valence-corrected chi connectivity index (χ2v) is 4.82. The summed E-state index contributed by atoms with van der Waals surface area (Å²) in [7, 11) is 1.00. The first-order chi connectivity index (χ1) is 12.1. The van der Waals surface area contributed by atoms with Gasteiger partial charge in [0, 0.05) is 13.7 Å². The van der Waals surface area contributed by atoms with Crippen molar-refractivity contribution in [2.45, 2.75) is 19.9 Å². The van der Waals surface area contributed by atoms with Gasteiger partial charge < -0.3 is 20.1 Å². The third kappa shape index (κ3) is 4.46. The highest BCUT2D eigenvalue weighted by molar-refractivity contribution is 5.90. The number of esters is 1. The number of aromatic nitrogens is 1. The number of carbonyl (C=O) groups is 2. The molecule has 0 aliphatic heterocycles. The van der Waals surface area contributed by atoms with Crippen molar-refractivity contribution in [3.8, 4) is 17.3 Å². The molecule has 0 aliphatic rings. The van der Waals surface area contributed by atoms with Crippen LogP contribution in [0.5, 0.6) is 0 Å². The first kappa shape index (κ1) is 19.9. The number of ether oxygens (including phenoxy) is 1. The summed E-state index contributed by atoms with van der Waals surface area (Å²) in [5.74, 6) is -0.367. The van der Waals surface area contributed by atoms with E-state index in [-0.39, 0.29) is 35.9 Å². The molecule has 3 N–H and O–H groups in total. The number of nitriles is 1. The molecule has 7 nitrogen and oxygen atoms in total. The molecule has 25 heavy (non-hydrogen) atoms. The van der Waals surface area contributed by atoms with Gasteiger partial charge in [-0.2, -0.15) is 5.26 Å². The predicted octanol–water partition coefficient (Wildman–Crippen LogP) is 1.98. The number of nitrogens with zero attached hydrogens (tertiary/aromatic N) is 2. The molecule has 7 heteroatoms. The Bertz CT molecular complexity index is 761. The highest BCUT2D eigenvalue weighted by Crippen LogP contribution is 2.32. The van der Waals surface area contributed by atoms with Gasteiger partial charge in [-0.25, -0.2) is 0 Å². The van der Waals surface area contributed by atoms with Crippen molar-refractivity contribution in [2.75, 3.05) is 19.5 Å². The van der Waals surface area contributed by atoms with Crippen molar-refractivity contribution in [2.24, 2.45) is 0 Å². The summed E-state index contributed by atoms with van der Waals surface area (Å²) in [4.78, 5) is 23.0. The van der Waals surface area contributed by atoms with Crippen LogP contribution >= 0.6 is 0 Å². The molecule has 1 aromatic heterocycles. The van der Waals surface area contributed by atoms with E-state index in [4.69, 9.17) is 15.6 Å². The number of nitrogen functional groups attached to an aromatic ring is 1. The summed E-state index contributed by atoms with van der Waals surface area (Å²) in [6.07, 6.45) is 0.696. The van der Waals surface area contributed by atoms with Crippen LogP contribution in [0.3, 0.4) is 0 Å². The van der Waals surface area contributed by atoms with E-state index in [9.17, 15) is 14.9 Å². The molecule has 0 amide bonds. The van der Waals surface area contributed by atoms with Crippen molar-refractivity contribution in [3.05, 3.63) is 41.6 Å². The molecule has 0 atom stereocenters. The number of aldehydes is 1. The van der Waals surface area contributed by atoms with E-state index in [1.165, 1.54) is 0 Å². The number of carbonyl (C=O) groups excluding carboxylic acids is 2. The SMILES string of the molecule is CCOC(=O)CCn1c(C=O)c(N)c(C#N)c1-c1ccccc1.CO. The number of aliphatic hydroxyl groups is 1. The van der Waals surface area contributed by atoms with E-state index in [0.717, 1.165) is 12.7 Å². The summed E-state index contributed by atoms with van der Waals surface area (Å²) in [5.41, 5.74) is 7.80. The molecular formula is C18H21N3O4. The topological polar surface area (TPSA) is 118 Å². The Morgan fingerprint density at radius 3 is 2.52 bits per heavy atom. The molecule has 1 heterocycles. The van der Waals surface area contributed by atoms with Gasteiger partial charge in [0.05, 0.1) is 24.4 Å². The molecule has 0 radical (unpaired) electrons. The van der Waals surface area contributed by atoms with Gasteiger partial charge in [0.1, 0.15) is 17.3 Å². The normalized spacial score (nSPS) is 9.52. The second kappa shape index (κ2) is 9.90. The second-order valence-electron chi connectivity index (χ2n) is 4.82. The lowest BCUT2D eigenvalue weighted by atomic mass is 10.1. The van der Waals surface area contributed by atoms with Gasteiger partial charge in [-0.1, -0.05) is 30.3 Å². The van der Waals surface area contributed by atoms with Gasteiger partial charge in [-0.05, 0) is 12.5 Å². The Labute approximate surface area is 146 Å². The number of rotatable bonds is 6. The van der Waals surface area contributed by atoms with Gasteiger partial charge in [0.2, 0.25) is 0 Å². The summed E-state index contributed by atoms with van der Waals surface area (Å²) >= 11 is 0. The number of nitrogens with two attached hydrogens (primary N) is 1. The van der Waals surface area contributed by atoms with Crippen LogP contribution in [0.2, 0.25) is 0 Å². The van der Waals surface area contributed by atoms with Gasteiger partial charge >= 0.3 is 5.97 Å². The lowest BCUT2D eigenvalue weighted by Crippen LogP contribution is -2.12. The summed E-state index contributed by atoms with van der Waals surface area (Å²) in [6.45, 7) is 2.23. The molecule has 2 aromatic rings. The molecule has 0 saturated carbocycles. The number of hydrogen-bond donors (Lipinski definition) is 2. The average molecular weight is 343 g/mol. The predicted molar refractivity (Wildman–Crippen MR) is 93.8 cm³/mol. The van der Waals surface area contributed by atoms with Crippen LogP contribution in [-0.2, 0) is 16.1 Å². The van der Waals surface area contributed by atoms with E-state index in [2.05, 4.69) is 0 Å². The standard InChI is InChI=1S/C17H17N3O3.CH4O/c1-2-23-15(22)8-9-20-14(11-21)16(19)13(10-18)17(20)12-6-4-3-5-7-12;1-2/h3-7,11H,2,8-9,19H2,1H3;2H,1H3. The van der Waals surface area contributed by atoms with E-state index >= 15 is 0 Å². The zero-order valence-electron chi connectivity index (χ0n) is 14.2. The molecule has 0 fully saturated rings. The van der Waals surface area contributed by atoms with Crippen LogP contribution < -0.4 is 5.73 Å². The zero-order chi connectivity index (χ0) is 18.8. The van der Waals surface area contributed by atoms with Gasteiger partial charge in [-0.3, -0.25) is 9.59 Å². The van der Waals surface area contributed by atoms with Crippen LogP contribution in [0.1, 0.15) is 29.4 Å². The van der Waals surface area contributed by atoms with Crippen molar-refractivity contribution in [1.29, 1.82) is 5.26 Å². The van der Waals surface area contributed by atoms with Crippen LogP contribution in [0.15, 0.2) is 30.3 Å². The van der Waals surface area contributed by atoms with Crippen LogP contribution in [-0.4, -0.2) is 35.6 Å².